The number of carboxylic acid groups (broad SMARTS) is 1. The predicted octanol–water partition coefficient (Wildman–Crippen LogP) is 5.47. The van der Waals surface area contributed by atoms with Crippen molar-refractivity contribution in [2.75, 3.05) is 45.1 Å². The number of likely N-dealkylation sites (tertiary alicyclic amines) is 2. The van der Waals surface area contributed by atoms with Gasteiger partial charge in [-0.25, -0.2) is 47.9 Å². The molecule has 0 aliphatic carbocycles. The van der Waals surface area contributed by atoms with Gasteiger partial charge in [0.25, 0.3) is 11.8 Å². The molecule has 2 aliphatic rings. The molecule has 8 rings (SSSR count). The molecule has 2 fully saturated rings. The Labute approximate surface area is 518 Å². The molecule has 0 spiro atoms. The van der Waals surface area contributed by atoms with Crippen LogP contribution in [0, 0.1) is 11.6 Å². The zero-order valence-corrected chi connectivity index (χ0v) is 51.2. The van der Waals surface area contributed by atoms with Crippen LogP contribution in [0.1, 0.15) is 75.1 Å². The van der Waals surface area contributed by atoms with Crippen LogP contribution in [-0.2, 0) is 23.8 Å². The standard InChI is InChI=1S/C28H30ClFN6O6.C27H28ClFN6O6.Na.H2O/c1-28(2,3)42-27(39)36-14-16(11-21(36)26(38)41-5)33-25(37)18-12-31-9-8-20(18)34-24-22(40-4)13-32-23(35-24)17-10-15(29)6-7-19(17)30;1-27(2,3)41-26(39)35-13-15(10-20(35)25(37)38)32-24(36)17-11-30-8-7-19(17)33-23-21(40-4)12-31-22(34-23)16-9-14(28)5-6-18(16)29;;/h6-10,12-13,16,21H,11,14H2,1-5H3,(H,33,37)(H,31,32,34,35);5-9,11-12,15,20H,10,13H2,1-4H3,(H,32,36)(H,37,38)(H,30,31,33,34);;1H2/q;;+1;/p-1/t16-,21-;15-,20-;;/m11../s1. The number of anilines is 4. The van der Waals surface area contributed by atoms with E-state index in [-0.39, 0.29) is 124 Å². The summed E-state index contributed by atoms with van der Waals surface area (Å²) in [6.07, 6.45) is 6.92. The normalized spacial score (nSPS) is 16.2. The summed E-state index contributed by atoms with van der Waals surface area (Å²) < 4.78 is 55.3. The van der Waals surface area contributed by atoms with Gasteiger partial charge in [0.15, 0.2) is 34.8 Å². The summed E-state index contributed by atoms with van der Waals surface area (Å²) in [6, 6.07) is 7.73. The third-order valence-corrected chi connectivity index (χ3v) is 12.7. The number of amides is 4. The van der Waals surface area contributed by atoms with Gasteiger partial charge in [-0.2, -0.15) is 0 Å². The van der Waals surface area contributed by atoms with E-state index in [1.54, 1.807) is 47.6 Å². The molecule has 0 unspecified atom stereocenters. The zero-order valence-electron chi connectivity index (χ0n) is 47.7. The van der Waals surface area contributed by atoms with Crippen molar-refractivity contribution in [3.8, 4) is 34.3 Å². The van der Waals surface area contributed by atoms with E-state index < -0.39 is 82.9 Å². The molecule has 2 aliphatic heterocycles. The first-order chi connectivity index (χ1) is 39.3. The summed E-state index contributed by atoms with van der Waals surface area (Å²) in [7, 11) is 4.04. The summed E-state index contributed by atoms with van der Waals surface area (Å²) in [6.45, 7) is 10.1. The molecule has 6 heterocycles. The number of ether oxygens (including phenoxy) is 5. The molecule has 6 N–H and O–H groups in total. The zero-order chi connectivity index (χ0) is 60.5. The SMILES string of the molecule is COC(=O)[C@H]1C[C@@H](NC(=O)c2cnccc2Nc2nc(-c3cc(Cl)ccc3F)ncc2OC)CN1C(=O)OC(C)(C)C.COc1cnc(-c2cc(Cl)ccc2F)nc1Nc1ccncc1C(=O)N[C@@H]1C[C@H](C(=O)O)N(C(=O)OC(C)(C)C)C1.[Na+].[OH-]. The van der Waals surface area contributed by atoms with Crippen molar-refractivity contribution in [3.63, 3.8) is 0 Å². The number of aliphatic carboxylic acids is 1. The van der Waals surface area contributed by atoms with Crippen LogP contribution in [0.25, 0.3) is 22.8 Å². The number of benzene rings is 2. The molecule has 0 bridgehead atoms. The first-order valence-electron chi connectivity index (χ1n) is 25.3. The molecule has 2 saturated heterocycles. The average molecular weight is 1230 g/mol. The quantitative estimate of drug-likeness (QED) is 0.0513. The van der Waals surface area contributed by atoms with Crippen molar-refractivity contribution in [1.29, 1.82) is 0 Å². The van der Waals surface area contributed by atoms with Gasteiger partial charge in [0.2, 0.25) is 0 Å². The van der Waals surface area contributed by atoms with E-state index in [0.29, 0.717) is 15.7 Å². The Kier molecular flexibility index (Phi) is 23.2. The maximum atomic E-state index is 14.5. The van der Waals surface area contributed by atoms with Gasteiger partial charge in [0, 0.05) is 72.8 Å². The molecule has 6 aromatic rings. The summed E-state index contributed by atoms with van der Waals surface area (Å²) in [4.78, 5) is 104. The second-order valence-corrected chi connectivity index (χ2v) is 21.4. The predicted molar refractivity (Wildman–Crippen MR) is 300 cm³/mol. The molecule has 4 aromatic heterocycles. The summed E-state index contributed by atoms with van der Waals surface area (Å²) in [5, 5.41) is 21.9. The van der Waals surface area contributed by atoms with Crippen LogP contribution in [0.2, 0.25) is 10.0 Å². The monoisotopic (exact) mass is 1230 g/mol. The Balaban J connectivity index is 0.000000304. The number of carboxylic acids is 1. The third kappa shape index (κ3) is 17.5. The first kappa shape index (κ1) is 67.7. The number of methoxy groups -OCH3 is 3. The van der Waals surface area contributed by atoms with Crippen LogP contribution >= 0.6 is 23.2 Å². The number of esters is 1. The molecular weight excluding hydrogens is 1170 g/mol. The van der Waals surface area contributed by atoms with E-state index in [1.165, 1.54) is 106 Å². The molecule has 446 valence electrons. The Morgan fingerprint density at radius 2 is 1.02 bits per heavy atom. The van der Waals surface area contributed by atoms with Crippen molar-refractivity contribution in [1.82, 2.24) is 50.3 Å². The number of aromatic nitrogens is 6. The number of carbonyl (C=O) groups is 6. The Bertz CT molecular complexity index is 3440. The van der Waals surface area contributed by atoms with Crippen LogP contribution in [-0.4, -0.2) is 156 Å². The van der Waals surface area contributed by atoms with Gasteiger partial charge in [-0.3, -0.25) is 29.4 Å². The average Bonchev–Trinajstić information content (AvgIpc) is 3.15. The number of halogens is 4. The molecule has 2 aromatic carbocycles. The number of hydrogen-bond acceptors (Lipinski definition) is 20. The minimum atomic E-state index is -1.21. The van der Waals surface area contributed by atoms with Gasteiger partial charge < -0.3 is 55.5 Å². The second-order valence-electron chi connectivity index (χ2n) is 20.5. The van der Waals surface area contributed by atoms with Crippen LogP contribution in [0.15, 0.2) is 85.7 Å². The van der Waals surface area contributed by atoms with Crippen LogP contribution < -0.4 is 60.3 Å². The third-order valence-electron chi connectivity index (χ3n) is 12.2. The summed E-state index contributed by atoms with van der Waals surface area (Å²) in [5.41, 5.74) is -0.623. The Morgan fingerprint density at radius 3 is 1.40 bits per heavy atom. The minimum absolute atomic E-state index is 0. The number of pyridine rings is 2. The number of nitrogens with zero attached hydrogens (tertiary/aromatic N) is 8. The largest absolute Gasteiger partial charge is 1.00 e. The molecule has 0 radical (unpaired) electrons. The van der Waals surface area contributed by atoms with Crippen molar-refractivity contribution in [3.05, 3.63) is 119 Å². The molecule has 4 amide bonds. The molecular formula is C55H59Cl2F2N12NaO13. The first-order valence-corrected chi connectivity index (χ1v) is 26.1. The Morgan fingerprint density at radius 1 is 0.624 bits per heavy atom. The maximum absolute atomic E-state index is 14.5. The fraction of sp³-hybridized carbons (Fsp3) is 0.345. The minimum Gasteiger partial charge on any atom is -0.870 e. The van der Waals surface area contributed by atoms with E-state index in [2.05, 4.69) is 51.2 Å². The molecule has 85 heavy (non-hydrogen) atoms. The number of carbonyl (C=O) groups excluding carboxylic acids is 5. The van der Waals surface area contributed by atoms with Crippen molar-refractivity contribution >= 4 is 82.2 Å². The van der Waals surface area contributed by atoms with E-state index >= 15 is 0 Å². The van der Waals surface area contributed by atoms with Crippen molar-refractivity contribution in [2.45, 2.75) is 89.8 Å². The maximum Gasteiger partial charge on any atom is 1.00 e. The number of rotatable bonds is 14. The molecule has 0 saturated carbocycles. The Hall–Kier alpha value is -8.08. The van der Waals surface area contributed by atoms with Gasteiger partial charge in [-0.1, -0.05) is 23.2 Å². The van der Waals surface area contributed by atoms with Gasteiger partial charge >= 0.3 is 53.7 Å². The van der Waals surface area contributed by atoms with E-state index in [0.717, 1.165) is 4.90 Å². The molecule has 30 heteroatoms. The summed E-state index contributed by atoms with van der Waals surface area (Å²) >= 11 is 12.1. The van der Waals surface area contributed by atoms with Gasteiger partial charge in [0.1, 0.15) is 34.9 Å². The second kappa shape index (κ2) is 29.1. The number of hydrogen-bond donors (Lipinski definition) is 5. The number of nitrogens with one attached hydrogen (secondary N) is 4. The summed E-state index contributed by atoms with van der Waals surface area (Å²) in [5.74, 6) is -3.27. The molecule has 4 atom stereocenters. The van der Waals surface area contributed by atoms with Crippen molar-refractivity contribution < 1.29 is 101 Å². The topological polar surface area (TPSA) is 331 Å². The fourth-order valence-corrected chi connectivity index (χ4v) is 8.83. The van der Waals surface area contributed by atoms with E-state index in [4.69, 9.17) is 46.9 Å². The van der Waals surface area contributed by atoms with E-state index in [1.807, 2.05) is 0 Å². The van der Waals surface area contributed by atoms with Crippen LogP contribution in [0.4, 0.5) is 41.4 Å². The van der Waals surface area contributed by atoms with Gasteiger partial charge in [-0.05, 0) is 90.1 Å². The van der Waals surface area contributed by atoms with Crippen LogP contribution in [0.3, 0.4) is 0 Å². The molecule has 25 nitrogen and oxygen atoms in total. The van der Waals surface area contributed by atoms with Crippen molar-refractivity contribution in [2.24, 2.45) is 0 Å². The van der Waals surface area contributed by atoms with Gasteiger partial charge in [-0.15, -0.1) is 0 Å². The van der Waals surface area contributed by atoms with E-state index in [9.17, 15) is 42.7 Å². The smallest absolute Gasteiger partial charge is 0.870 e. The fourth-order valence-electron chi connectivity index (χ4n) is 8.49. The van der Waals surface area contributed by atoms with Gasteiger partial charge in [0.05, 0.1) is 67.4 Å². The van der Waals surface area contributed by atoms with Crippen LogP contribution in [0.5, 0.6) is 11.5 Å².